The molecule has 1 saturated heterocycles. The van der Waals surface area contributed by atoms with E-state index in [1.54, 1.807) is 0 Å². The highest BCUT2D eigenvalue weighted by atomic mass is 16.6. The lowest BCUT2D eigenvalue weighted by atomic mass is 10.1. The summed E-state index contributed by atoms with van der Waals surface area (Å²) in [7, 11) is 0. The fraction of sp³-hybridized carbons (Fsp3) is 1.00. The molecule has 0 radical (unpaired) electrons. The van der Waals surface area contributed by atoms with Crippen LogP contribution in [0.5, 0.6) is 0 Å². The second-order valence-electron chi connectivity index (χ2n) is 2.06. The molecule has 4 N–H and O–H groups in total. The second kappa shape index (κ2) is 2.81. The standard InChI is InChI=1S/C5H10O5/c6-1-2-3(7)4(8)5(9)10-2/h2-9H,1H2/t2-,3-,4-,5?/m1/s1/i1D2. The van der Waals surface area contributed by atoms with Crippen LogP contribution in [0.15, 0.2) is 0 Å². The van der Waals surface area contributed by atoms with Crippen molar-refractivity contribution in [1.29, 1.82) is 0 Å². The van der Waals surface area contributed by atoms with Crippen molar-refractivity contribution < 1.29 is 27.9 Å². The van der Waals surface area contributed by atoms with Gasteiger partial charge in [0.25, 0.3) is 0 Å². The van der Waals surface area contributed by atoms with Gasteiger partial charge in [0.15, 0.2) is 6.29 Å². The Hall–Kier alpha value is -0.200. The highest BCUT2D eigenvalue weighted by Crippen LogP contribution is 2.18. The van der Waals surface area contributed by atoms with E-state index in [-0.39, 0.29) is 0 Å². The van der Waals surface area contributed by atoms with Gasteiger partial charge in [-0.15, -0.1) is 0 Å². The van der Waals surface area contributed by atoms with Crippen molar-refractivity contribution in [2.75, 3.05) is 6.56 Å². The van der Waals surface area contributed by atoms with E-state index in [1.807, 2.05) is 0 Å². The van der Waals surface area contributed by atoms with Crippen molar-refractivity contribution in [3.63, 3.8) is 0 Å². The Morgan fingerprint density at radius 3 is 2.10 bits per heavy atom. The molecule has 0 aromatic heterocycles. The summed E-state index contributed by atoms with van der Waals surface area (Å²) in [5.74, 6) is 0. The predicted octanol–water partition coefficient (Wildman–Crippen LogP) is -2.58. The quantitative estimate of drug-likeness (QED) is 0.331. The summed E-state index contributed by atoms with van der Waals surface area (Å²) >= 11 is 0. The molecule has 60 valence electrons. The number of hydrogen-bond acceptors (Lipinski definition) is 5. The first kappa shape index (κ1) is 5.45. The fourth-order valence-electron chi connectivity index (χ4n) is 0.766. The molecule has 4 atom stereocenters. The molecule has 1 fully saturated rings. The minimum Gasteiger partial charge on any atom is -0.394 e. The van der Waals surface area contributed by atoms with Crippen LogP contribution in [0.3, 0.4) is 0 Å². The molecule has 0 saturated carbocycles. The molecule has 5 heteroatoms. The highest BCUT2D eigenvalue weighted by Gasteiger charge is 2.41. The van der Waals surface area contributed by atoms with Crippen LogP contribution in [0.1, 0.15) is 2.74 Å². The molecule has 0 spiro atoms. The Morgan fingerprint density at radius 2 is 1.90 bits per heavy atom. The van der Waals surface area contributed by atoms with Gasteiger partial charge in [0.2, 0.25) is 0 Å². The van der Waals surface area contributed by atoms with Crippen LogP contribution in [-0.4, -0.2) is 51.6 Å². The molecular formula is C5H10O5. The van der Waals surface area contributed by atoms with Gasteiger partial charge >= 0.3 is 0 Å². The zero-order chi connectivity index (χ0) is 9.52. The molecule has 1 aliphatic rings. The average molecular weight is 152 g/mol. The molecule has 0 amide bonds. The Morgan fingerprint density at radius 1 is 1.30 bits per heavy atom. The molecule has 1 aliphatic heterocycles. The van der Waals surface area contributed by atoms with Gasteiger partial charge in [-0.1, -0.05) is 0 Å². The van der Waals surface area contributed by atoms with Crippen LogP contribution in [-0.2, 0) is 4.74 Å². The molecular weight excluding hydrogens is 140 g/mol. The first-order chi connectivity index (χ1) is 5.34. The number of aliphatic hydroxyl groups is 4. The third kappa shape index (κ3) is 1.14. The monoisotopic (exact) mass is 152 g/mol. The van der Waals surface area contributed by atoms with E-state index in [1.165, 1.54) is 0 Å². The highest BCUT2D eigenvalue weighted by molar-refractivity contribution is 4.84. The van der Waals surface area contributed by atoms with Crippen LogP contribution in [0.25, 0.3) is 0 Å². The predicted molar refractivity (Wildman–Crippen MR) is 30.0 cm³/mol. The SMILES string of the molecule is [2H]C([2H])(O)[C@H]1OC(O)[C@H](O)[C@@H]1O. The van der Waals surface area contributed by atoms with Gasteiger partial charge in [-0.25, -0.2) is 0 Å². The third-order valence-corrected chi connectivity index (χ3v) is 1.37. The summed E-state index contributed by atoms with van der Waals surface area (Å²) < 4.78 is 17.9. The van der Waals surface area contributed by atoms with Crippen molar-refractivity contribution in [3.05, 3.63) is 0 Å². The van der Waals surface area contributed by atoms with Crippen molar-refractivity contribution in [2.24, 2.45) is 0 Å². The molecule has 0 bridgehead atoms. The van der Waals surface area contributed by atoms with Crippen LogP contribution in [0.2, 0.25) is 0 Å². The molecule has 1 heterocycles. The van der Waals surface area contributed by atoms with Gasteiger partial charge in [-0.05, 0) is 0 Å². The summed E-state index contributed by atoms with van der Waals surface area (Å²) in [5.41, 5.74) is 0. The van der Waals surface area contributed by atoms with E-state index >= 15 is 0 Å². The second-order valence-corrected chi connectivity index (χ2v) is 2.06. The van der Waals surface area contributed by atoms with E-state index in [4.69, 9.17) is 23.2 Å². The van der Waals surface area contributed by atoms with Gasteiger partial charge in [-0.3, -0.25) is 0 Å². The number of ether oxygens (including phenoxy) is 1. The lowest BCUT2D eigenvalue weighted by Crippen LogP contribution is -2.33. The number of rotatable bonds is 1. The lowest BCUT2D eigenvalue weighted by molar-refractivity contribution is -0.132. The van der Waals surface area contributed by atoms with Gasteiger partial charge in [0.1, 0.15) is 18.3 Å². The van der Waals surface area contributed by atoms with Gasteiger partial charge in [-0.2, -0.15) is 0 Å². The molecule has 1 unspecified atom stereocenters. The average Bonchev–Trinajstić information content (AvgIpc) is 2.15. The number of aliphatic hydroxyl groups excluding tert-OH is 3. The molecule has 0 aliphatic carbocycles. The Balaban J connectivity index is 2.71. The maximum Gasteiger partial charge on any atom is 0.184 e. The third-order valence-electron chi connectivity index (χ3n) is 1.37. The minimum atomic E-state index is -2.78. The summed E-state index contributed by atoms with van der Waals surface area (Å²) in [6.07, 6.45) is -6.49. The van der Waals surface area contributed by atoms with Crippen molar-refractivity contribution in [1.82, 2.24) is 0 Å². The topological polar surface area (TPSA) is 90.2 Å². The molecule has 10 heavy (non-hydrogen) atoms. The van der Waals surface area contributed by atoms with E-state index in [2.05, 4.69) is 4.74 Å². The smallest absolute Gasteiger partial charge is 0.184 e. The summed E-state index contributed by atoms with van der Waals surface area (Å²) in [5, 5.41) is 35.5. The molecule has 5 nitrogen and oxygen atoms in total. The minimum absolute atomic E-state index is 1.59. The van der Waals surface area contributed by atoms with Gasteiger partial charge < -0.3 is 25.2 Å². The van der Waals surface area contributed by atoms with Crippen LogP contribution in [0.4, 0.5) is 0 Å². The molecule has 0 aromatic rings. The summed E-state index contributed by atoms with van der Waals surface area (Å²) in [6, 6.07) is 0. The normalized spacial score (nSPS) is 52.4. The maximum atomic E-state index is 9.03. The van der Waals surface area contributed by atoms with Gasteiger partial charge in [0, 0.05) is 0 Å². The van der Waals surface area contributed by atoms with Crippen LogP contribution in [0, 0.1) is 0 Å². The number of hydrogen-bond donors (Lipinski definition) is 4. The lowest BCUT2D eigenvalue weighted by Gasteiger charge is -2.09. The zero-order valence-electron chi connectivity index (χ0n) is 7.01. The van der Waals surface area contributed by atoms with E-state index in [0.717, 1.165) is 0 Å². The van der Waals surface area contributed by atoms with Crippen molar-refractivity contribution in [2.45, 2.75) is 24.6 Å². The first-order valence-electron chi connectivity index (χ1n) is 3.76. The Bertz CT molecular complexity index is 170. The van der Waals surface area contributed by atoms with Gasteiger partial charge in [0.05, 0.1) is 9.30 Å². The summed E-state index contributed by atoms with van der Waals surface area (Å²) in [6.45, 7) is -2.78. The maximum absolute atomic E-state index is 9.03. The van der Waals surface area contributed by atoms with E-state index < -0.39 is 31.2 Å². The fourth-order valence-corrected chi connectivity index (χ4v) is 0.766. The molecule has 0 aromatic carbocycles. The largest absolute Gasteiger partial charge is 0.394 e. The van der Waals surface area contributed by atoms with Crippen LogP contribution >= 0.6 is 0 Å². The van der Waals surface area contributed by atoms with Crippen molar-refractivity contribution >= 4 is 0 Å². The Kier molecular flexibility index (Phi) is 1.53. The molecule has 1 rings (SSSR count). The Labute approximate surface area is 60.3 Å². The van der Waals surface area contributed by atoms with E-state index in [0.29, 0.717) is 0 Å². The van der Waals surface area contributed by atoms with E-state index in [9.17, 15) is 0 Å². The van der Waals surface area contributed by atoms with Crippen LogP contribution < -0.4 is 0 Å². The zero-order valence-corrected chi connectivity index (χ0v) is 5.01. The first-order valence-corrected chi connectivity index (χ1v) is 2.76. The summed E-state index contributed by atoms with van der Waals surface area (Å²) in [4.78, 5) is 0. The van der Waals surface area contributed by atoms with Crippen molar-refractivity contribution in [3.8, 4) is 0 Å².